The highest BCUT2D eigenvalue weighted by Gasteiger charge is 2.29. The second-order valence-corrected chi connectivity index (χ2v) is 5.49. The molecule has 88 valence electrons. The molecule has 0 bridgehead atoms. The van der Waals surface area contributed by atoms with Crippen LogP contribution in [0, 0.1) is 11.8 Å². The van der Waals surface area contributed by atoms with Gasteiger partial charge in [0.2, 0.25) is 0 Å². The molecule has 2 heteroatoms. The maximum Gasteiger partial charge on any atom is 0.0619 e. The van der Waals surface area contributed by atoms with Gasteiger partial charge >= 0.3 is 0 Å². The maximum atomic E-state index is 5.53. The van der Waals surface area contributed by atoms with Crippen LogP contribution in [0.15, 0.2) is 0 Å². The molecule has 0 aromatic carbocycles. The molecular weight excluding hydrogens is 186 g/mol. The predicted molar refractivity (Wildman–Crippen MR) is 62.9 cm³/mol. The summed E-state index contributed by atoms with van der Waals surface area (Å²) in [7, 11) is 0. The van der Waals surface area contributed by atoms with Crippen LogP contribution in [0.4, 0.5) is 0 Å². The largest absolute Gasteiger partial charge is 0.380 e. The Morgan fingerprint density at radius 1 is 1.00 bits per heavy atom. The van der Waals surface area contributed by atoms with Crippen molar-refractivity contribution in [3.05, 3.63) is 0 Å². The monoisotopic (exact) mass is 211 g/mol. The topological polar surface area (TPSA) is 21.3 Å². The summed E-state index contributed by atoms with van der Waals surface area (Å²) in [5, 5.41) is 3.83. The fraction of sp³-hybridized carbons (Fsp3) is 1.00. The van der Waals surface area contributed by atoms with E-state index in [1.54, 1.807) is 0 Å². The molecule has 2 nitrogen and oxygen atoms in total. The molecular formula is C13H25NO. The van der Waals surface area contributed by atoms with E-state index in [-0.39, 0.29) is 0 Å². The summed E-state index contributed by atoms with van der Waals surface area (Å²) in [5.74, 6) is 1.69. The van der Waals surface area contributed by atoms with Crippen LogP contribution in [0.5, 0.6) is 0 Å². The number of hydrogen-bond acceptors (Lipinski definition) is 2. The van der Waals surface area contributed by atoms with Crippen molar-refractivity contribution in [1.82, 2.24) is 5.32 Å². The molecule has 2 aliphatic rings. The SMILES string of the molecule is CC1CCCC(C)C1NC1CCCOC1. The Bertz CT molecular complexity index is 179. The maximum absolute atomic E-state index is 5.53. The van der Waals surface area contributed by atoms with Gasteiger partial charge in [-0.3, -0.25) is 0 Å². The minimum Gasteiger partial charge on any atom is -0.380 e. The van der Waals surface area contributed by atoms with Gasteiger partial charge in [-0.25, -0.2) is 0 Å². The Balaban J connectivity index is 1.84. The summed E-state index contributed by atoms with van der Waals surface area (Å²) in [6.45, 7) is 6.69. The second kappa shape index (κ2) is 5.31. The van der Waals surface area contributed by atoms with Gasteiger partial charge in [-0.2, -0.15) is 0 Å². The zero-order chi connectivity index (χ0) is 10.7. The molecule has 2 fully saturated rings. The Morgan fingerprint density at radius 2 is 1.73 bits per heavy atom. The van der Waals surface area contributed by atoms with E-state index in [0.29, 0.717) is 6.04 Å². The third kappa shape index (κ3) is 2.94. The second-order valence-electron chi connectivity index (χ2n) is 5.49. The number of hydrogen-bond donors (Lipinski definition) is 1. The highest BCUT2D eigenvalue weighted by Crippen LogP contribution is 2.29. The molecule has 0 spiro atoms. The van der Waals surface area contributed by atoms with Gasteiger partial charge in [0, 0.05) is 18.7 Å². The van der Waals surface area contributed by atoms with Gasteiger partial charge in [-0.05, 0) is 37.5 Å². The number of nitrogens with one attached hydrogen (secondary N) is 1. The predicted octanol–water partition coefficient (Wildman–Crippen LogP) is 2.58. The first-order chi connectivity index (χ1) is 7.27. The zero-order valence-corrected chi connectivity index (χ0v) is 10.2. The molecule has 1 aliphatic carbocycles. The molecule has 0 aromatic rings. The molecule has 0 amide bonds. The highest BCUT2D eigenvalue weighted by molar-refractivity contribution is 4.86. The molecule has 2 rings (SSSR count). The van der Waals surface area contributed by atoms with Gasteiger partial charge in [0.25, 0.3) is 0 Å². The lowest BCUT2D eigenvalue weighted by Crippen LogP contribution is -2.50. The summed E-state index contributed by atoms with van der Waals surface area (Å²) in [6.07, 6.45) is 6.75. The molecule has 3 atom stereocenters. The number of rotatable bonds is 2. The summed E-state index contributed by atoms with van der Waals surface area (Å²) >= 11 is 0. The minimum atomic E-state index is 0.617. The first kappa shape index (κ1) is 11.4. The fourth-order valence-corrected chi connectivity index (χ4v) is 3.15. The third-order valence-electron chi connectivity index (χ3n) is 4.13. The highest BCUT2D eigenvalue weighted by atomic mass is 16.5. The third-order valence-corrected chi connectivity index (χ3v) is 4.13. The summed E-state index contributed by atoms with van der Waals surface area (Å²) in [5.41, 5.74) is 0. The van der Waals surface area contributed by atoms with Crippen LogP contribution in [0.2, 0.25) is 0 Å². The van der Waals surface area contributed by atoms with E-state index in [1.165, 1.54) is 32.1 Å². The lowest BCUT2D eigenvalue weighted by atomic mass is 9.78. The summed E-state index contributed by atoms with van der Waals surface area (Å²) in [6, 6.07) is 1.34. The van der Waals surface area contributed by atoms with Crippen molar-refractivity contribution < 1.29 is 4.74 Å². The van der Waals surface area contributed by atoms with E-state index in [9.17, 15) is 0 Å². The molecule has 1 saturated heterocycles. The Hall–Kier alpha value is -0.0800. The van der Waals surface area contributed by atoms with Crippen LogP contribution in [-0.2, 0) is 4.74 Å². The first-order valence-electron chi connectivity index (χ1n) is 6.61. The van der Waals surface area contributed by atoms with E-state index in [0.717, 1.165) is 31.1 Å². The first-order valence-corrected chi connectivity index (χ1v) is 6.61. The van der Waals surface area contributed by atoms with E-state index < -0.39 is 0 Å². The van der Waals surface area contributed by atoms with Crippen molar-refractivity contribution in [2.75, 3.05) is 13.2 Å². The quantitative estimate of drug-likeness (QED) is 0.758. The van der Waals surface area contributed by atoms with Crippen LogP contribution in [0.1, 0.15) is 46.0 Å². The van der Waals surface area contributed by atoms with Gasteiger partial charge in [0.15, 0.2) is 0 Å². The van der Waals surface area contributed by atoms with Gasteiger partial charge in [-0.15, -0.1) is 0 Å². The molecule has 0 aromatic heterocycles. The Labute approximate surface area is 93.8 Å². The van der Waals surface area contributed by atoms with Crippen LogP contribution in [-0.4, -0.2) is 25.3 Å². The standard InChI is InChI=1S/C13H25NO/c1-10-5-3-6-11(2)13(10)14-12-7-4-8-15-9-12/h10-14H,3-9H2,1-2H3. The van der Waals surface area contributed by atoms with E-state index in [1.807, 2.05) is 0 Å². The molecule has 15 heavy (non-hydrogen) atoms. The minimum absolute atomic E-state index is 0.617. The summed E-state index contributed by atoms with van der Waals surface area (Å²) in [4.78, 5) is 0. The lowest BCUT2D eigenvalue weighted by molar-refractivity contribution is 0.0549. The lowest BCUT2D eigenvalue weighted by Gasteiger charge is -2.38. The van der Waals surface area contributed by atoms with Gasteiger partial charge in [0.1, 0.15) is 0 Å². The van der Waals surface area contributed by atoms with Gasteiger partial charge in [-0.1, -0.05) is 20.3 Å². The van der Waals surface area contributed by atoms with Crippen molar-refractivity contribution in [3.8, 4) is 0 Å². The molecule has 1 saturated carbocycles. The average Bonchev–Trinajstić information content (AvgIpc) is 2.25. The van der Waals surface area contributed by atoms with Crippen molar-refractivity contribution in [2.24, 2.45) is 11.8 Å². The van der Waals surface area contributed by atoms with Crippen LogP contribution >= 0.6 is 0 Å². The normalized spacial score (nSPS) is 42.8. The molecule has 1 aliphatic heterocycles. The molecule has 0 radical (unpaired) electrons. The van der Waals surface area contributed by atoms with E-state index in [2.05, 4.69) is 19.2 Å². The number of ether oxygens (including phenoxy) is 1. The average molecular weight is 211 g/mol. The van der Waals surface area contributed by atoms with Crippen LogP contribution < -0.4 is 5.32 Å². The fourth-order valence-electron chi connectivity index (χ4n) is 3.15. The van der Waals surface area contributed by atoms with E-state index in [4.69, 9.17) is 4.74 Å². The molecule has 1 heterocycles. The van der Waals surface area contributed by atoms with Gasteiger partial charge < -0.3 is 10.1 Å². The zero-order valence-electron chi connectivity index (χ0n) is 10.2. The van der Waals surface area contributed by atoms with Crippen molar-refractivity contribution in [1.29, 1.82) is 0 Å². The van der Waals surface area contributed by atoms with Crippen LogP contribution in [0.25, 0.3) is 0 Å². The van der Waals surface area contributed by atoms with E-state index >= 15 is 0 Å². The van der Waals surface area contributed by atoms with Crippen LogP contribution in [0.3, 0.4) is 0 Å². The van der Waals surface area contributed by atoms with Crippen molar-refractivity contribution >= 4 is 0 Å². The molecule has 1 N–H and O–H groups in total. The summed E-state index contributed by atoms with van der Waals surface area (Å²) < 4.78 is 5.53. The Morgan fingerprint density at radius 3 is 2.33 bits per heavy atom. The van der Waals surface area contributed by atoms with Crippen molar-refractivity contribution in [3.63, 3.8) is 0 Å². The van der Waals surface area contributed by atoms with Crippen molar-refractivity contribution in [2.45, 2.75) is 58.0 Å². The molecule has 3 unspecified atom stereocenters. The smallest absolute Gasteiger partial charge is 0.0619 e. The Kier molecular flexibility index (Phi) is 4.04. The van der Waals surface area contributed by atoms with Gasteiger partial charge in [0.05, 0.1) is 6.61 Å².